The summed E-state index contributed by atoms with van der Waals surface area (Å²) in [6.45, 7) is 14.6. The summed E-state index contributed by atoms with van der Waals surface area (Å²) >= 11 is 0.695. The van der Waals surface area contributed by atoms with Gasteiger partial charge in [0.05, 0.1) is 23.0 Å². The molecule has 5 rings (SSSR count). The Kier molecular flexibility index (Phi) is 10.5. The van der Waals surface area contributed by atoms with E-state index < -0.39 is 16.3 Å². The average Bonchev–Trinajstić information content (AvgIpc) is 3.01. The molecular formula is C32H41N3O7S2. The monoisotopic (exact) mass is 643 g/mol. The highest BCUT2D eigenvalue weighted by Crippen LogP contribution is 2.47. The molecule has 2 heterocycles. The third-order valence-electron chi connectivity index (χ3n) is 8.55. The van der Waals surface area contributed by atoms with Gasteiger partial charge in [-0.05, 0) is 76.1 Å². The van der Waals surface area contributed by atoms with E-state index in [1.165, 1.54) is 4.31 Å². The van der Waals surface area contributed by atoms with E-state index in [0.29, 0.717) is 36.5 Å². The maximum atomic E-state index is 13.6. The Bertz CT molecular complexity index is 1530. The average molecular weight is 644 g/mol. The Labute approximate surface area is 264 Å². The van der Waals surface area contributed by atoms with Crippen molar-refractivity contribution in [3.05, 3.63) is 77.2 Å². The maximum Gasteiger partial charge on any atom is 0.245 e. The van der Waals surface area contributed by atoms with Crippen LogP contribution >= 0.6 is 12.0 Å². The molecule has 0 N–H and O–H groups in total. The van der Waals surface area contributed by atoms with Gasteiger partial charge in [-0.15, -0.1) is 0 Å². The quantitative estimate of drug-likeness (QED) is 0.136. The number of hydrogen-bond donors (Lipinski definition) is 0. The highest BCUT2D eigenvalue weighted by atomic mass is 32.2. The van der Waals surface area contributed by atoms with Gasteiger partial charge in [-0.3, -0.25) is 5.04 Å². The number of sulfonamides is 1. The van der Waals surface area contributed by atoms with E-state index in [0.717, 1.165) is 60.1 Å². The molecule has 0 saturated carbocycles. The fourth-order valence-electron chi connectivity index (χ4n) is 6.19. The van der Waals surface area contributed by atoms with Gasteiger partial charge in [0, 0.05) is 60.8 Å². The lowest BCUT2D eigenvalue weighted by Crippen LogP contribution is -2.52. The van der Waals surface area contributed by atoms with Gasteiger partial charge in [-0.25, -0.2) is 13.0 Å². The van der Waals surface area contributed by atoms with Gasteiger partial charge >= 0.3 is 0 Å². The first-order valence-corrected chi connectivity index (χ1v) is 17.5. The molecular weight excluding hydrogens is 603 g/mol. The number of allylic oxidation sites excluding steroid dienone is 4. The normalized spacial score (nSPS) is 23.0. The van der Waals surface area contributed by atoms with Gasteiger partial charge in [0.1, 0.15) is 31.2 Å². The molecule has 1 fully saturated rings. The summed E-state index contributed by atoms with van der Waals surface area (Å²) in [6, 6.07) is 4.94. The number of fused-ring (bicyclic) bond motifs is 2. The van der Waals surface area contributed by atoms with Crippen molar-refractivity contribution >= 4 is 33.4 Å². The van der Waals surface area contributed by atoms with Crippen LogP contribution in [0.25, 0.3) is 5.57 Å². The minimum Gasteiger partial charge on any atom is -0.691 e. The summed E-state index contributed by atoms with van der Waals surface area (Å²) in [5.74, 6) is 0.568. The zero-order valence-electron chi connectivity index (χ0n) is 25.9. The Morgan fingerprint density at radius 1 is 1.11 bits per heavy atom. The number of ether oxygens (including phenoxy) is 2. The molecule has 1 saturated heterocycles. The van der Waals surface area contributed by atoms with E-state index >= 15 is 0 Å². The predicted octanol–water partition coefficient (Wildman–Crippen LogP) is 4.19. The van der Waals surface area contributed by atoms with E-state index in [1.807, 2.05) is 6.92 Å². The fraction of sp³-hybridized carbons (Fsp3) is 0.469. The van der Waals surface area contributed by atoms with Gasteiger partial charge in [0.25, 0.3) is 0 Å². The van der Waals surface area contributed by atoms with Crippen molar-refractivity contribution in [2.45, 2.75) is 63.2 Å². The number of nitrogens with zero attached hydrogens (tertiary/aromatic N) is 3. The number of hydrogen-bond acceptors (Lipinski definition) is 9. The molecule has 0 aromatic heterocycles. The Morgan fingerprint density at radius 3 is 2.52 bits per heavy atom. The molecule has 238 valence electrons. The Balaban J connectivity index is 1.65. The predicted molar refractivity (Wildman–Crippen MR) is 167 cm³/mol. The lowest BCUT2D eigenvalue weighted by atomic mass is 9.78. The van der Waals surface area contributed by atoms with Crippen LogP contribution in [0.1, 0.15) is 46.6 Å². The van der Waals surface area contributed by atoms with Crippen molar-refractivity contribution in [3.8, 4) is 0 Å². The largest absolute Gasteiger partial charge is 0.691 e. The summed E-state index contributed by atoms with van der Waals surface area (Å²) in [5, 5.41) is 14.7. The number of rotatable bonds is 13. The van der Waals surface area contributed by atoms with Crippen LogP contribution in [0.15, 0.2) is 81.5 Å². The molecule has 12 heteroatoms. The van der Waals surface area contributed by atoms with Crippen LogP contribution < -0.4 is 5.26 Å². The summed E-state index contributed by atoms with van der Waals surface area (Å²) in [7, 11) is -3.84. The second-order valence-electron chi connectivity index (χ2n) is 10.7. The first-order valence-electron chi connectivity index (χ1n) is 15.3. The molecule has 2 aliphatic carbocycles. The Morgan fingerprint density at radius 2 is 1.89 bits per heavy atom. The molecule has 0 amide bonds. The topological polar surface area (TPSA) is 104 Å². The minimum atomic E-state index is -3.84. The molecule has 0 spiro atoms. The standard InChI is InChI=1S/C32H41N3O7S2/c1-6-33(7-2)22-11-14-25-28(19-22)40-29-20-23(34(8-3)9-4)12-15-26(29)32(25)27-16-13-24(21-30(27)43-42-41-36)44(37,38)35-18-17-31(35)39-10-5/h11-16,19-21,25,28,31H,6-10,17-18H2,1-5H3. The molecule has 1 aromatic carbocycles. The summed E-state index contributed by atoms with van der Waals surface area (Å²) in [6.07, 6.45) is 12.5. The van der Waals surface area contributed by atoms with Crippen molar-refractivity contribution in [2.24, 2.45) is 5.92 Å². The first kappa shape index (κ1) is 32.7. The first-order chi connectivity index (χ1) is 21.3. The summed E-state index contributed by atoms with van der Waals surface area (Å²) < 4.78 is 47.9. The fourth-order valence-corrected chi connectivity index (χ4v) is 8.41. The van der Waals surface area contributed by atoms with Crippen LogP contribution in [0, 0.1) is 5.92 Å². The molecule has 44 heavy (non-hydrogen) atoms. The Hall–Kier alpha value is -2.71. The molecule has 0 radical (unpaired) electrons. The molecule has 2 aliphatic heterocycles. The lowest BCUT2D eigenvalue weighted by molar-refractivity contribution is -0.777. The molecule has 10 nitrogen and oxygen atoms in total. The van der Waals surface area contributed by atoms with Crippen molar-refractivity contribution < 1.29 is 37.1 Å². The van der Waals surface area contributed by atoms with Gasteiger partial charge in [0.15, 0.2) is 0 Å². The van der Waals surface area contributed by atoms with E-state index in [4.69, 9.17) is 13.8 Å². The minimum absolute atomic E-state index is 0.0897. The molecule has 4 aliphatic rings. The van der Waals surface area contributed by atoms with Crippen LogP contribution in [0.5, 0.6) is 0 Å². The van der Waals surface area contributed by atoms with E-state index in [-0.39, 0.29) is 16.9 Å². The van der Waals surface area contributed by atoms with Crippen molar-refractivity contribution in [1.82, 2.24) is 9.21 Å². The highest BCUT2D eigenvalue weighted by Gasteiger charge is 2.41. The number of likely N-dealkylation sites (N-methyl/N-ethyl adjacent to an activating group) is 1. The van der Waals surface area contributed by atoms with Gasteiger partial charge in [-0.2, -0.15) is 8.64 Å². The molecule has 3 unspecified atom stereocenters. The SMILES string of the molecule is CCOC1CCN1S(=O)(=O)c1ccc(C2=C3C=CC(=[N+](CC)CC)C=C3OC3C=C(N(CC)CC)C=CC23)c(SOO[O-])c1. The molecule has 3 atom stereocenters. The van der Waals surface area contributed by atoms with Crippen LogP contribution in [-0.2, 0) is 28.9 Å². The van der Waals surface area contributed by atoms with Crippen LogP contribution in [-0.4, -0.2) is 79.6 Å². The van der Waals surface area contributed by atoms with Crippen LogP contribution in [0.2, 0.25) is 0 Å². The highest BCUT2D eigenvalue weighted by molar-refractivity contribution is 7.94. The summed E-state index contributed by atoms with van der Waals surface area (Å²) in [4.78, 5) is 2.81. The van der Waals surface area contributed by atoms with Crippen molar-refractivity contribution in [1.29, 1.82) is 0 Å². The third-order valence-corrected chi connectivity index (χ3v) is 11.1. The van der Waals surface area contributed by atoms with Gasteiger partial charge in [-0.1, -0.05) is 12.1 Å². The zero-order chi connectivity index (χ0) is 31.4. The lowest BCUT2D eigenvalue weighted by Gasteiger charge is -2.39. The van der Waals surface area contributed by atoms with E-state index in [2.05, 4.69) is 78.7 Å². The second kappa shape index (κ2) is 14.2. The number of benzene rings is 1. The third kappa shape index (κ3) is 6.21. The van der Waals surface area contributed by atoms with Crippen LogP contribution in [0.4, 0.5) is 0 Å². The smallest absolute Gasteiger partial charge is 0.245 e. The molecule has 1 aromatic rings. The van der Waals surface area contributed by atoms with Gasteiger partial charge < -0.3 is 19.6 Å². The summed E-state index contributed by atoms with van der Waals surface area (Å²) in [5.41, 5.74) is 4.73. The van der Waals surface area contributed by atoms with E-state index in [9.17, 15) is 13.7 Å². The van der Waals surface area contributed by atoms with Crippen molar-refractivity contribution in [3.63, 3.8) is 0 Å². The second-order valence-corrected chi connectivity index (χ2v) is 13.3. The van der Waals surface area contributed by atoms with Gasteiger partial charge in [0.2, 0.25) is 15.7 Å². The maximum absolute atomic E-state index is 13.6. The van der Waals surface area contributed by atoms with Crippen molar-refractivity contribution in [2.75, 3.05) is 39.3 Å². The van der Waals surface area contributed by atoms with E-state index in [1.54, 1.807) is 18.2 Å². The van der Waals surface area contributed by atoms with Crippen LogP contribution in [0.3, 0.4) is 0 Å². The molecule has 0 bridgehead atoms. The zero-order valence-corrected chi connectivity index (χ0v) is 27.5.